The topological polar surface area (TPSA) is 67.9 Å². The summed E-state index contributed by atoms with van der Waals surface area (Å²) in [6.07, 6.45) is -0.790. The summed E-state index contributed by atoms with van der Waals surface area (Å²) < 4.78 is 50.2. The molecular formula is C24H35F3N2O4. The highest BCUT2D eigenvalue weighted by Crippen LogP contribution is 2.28. The first-order valence-electron chi connectivity index (χ1n) is 11.4. The van der Waals surface area contributed by atoms with Crippen LogP contribution in [-0.4, -0.2) is 48.0 Å². The maximum atomic E-state index is 13.3. The quantitative estimate of drug-likeness (QED) is 0.500. The van der Waals surface area contributed by atoms with Crippen LogP contribution in [0.25, 0.3) is 0 Å². The summed E-state index contributed by atoms with van der Waals surface area (Å²) in [6.45, 7) is 3.21. The average Bonchev–Trinajstić information content (AvgIpc) is 2.70. The fraction of sp³-hybridized carbons (Fsp3) is 0.667. The number of hydrogen-bond acceptors (Lipinski definition) is 4. The van der Waals surface area contributed by atoms with Gasteiger partial charge >= 0.3 is 18.4 Å². The van der Waals surface area contributed by atoms with Gasteiger partial charge in [0.25, 0.3) is 0 Å². The lowest BCUT2D eigenvalue weighted by molar-refractivity contribution is -0.143. The molecule has 1 atom stereocenters. The van der Waals surface area contributed by atoms with Crippen LogP contribution in [0.4, 0.5) is 22.8 Å². The second kappa shape index (κ2) is 12.1. The summed E-state index contributed by atoms with van der Waals surface area (Å²) >= 11 is 0. The Bertz CT molecular complexity index is 744. The predicted molar refractivity (Wildman–Crippen MR) is 119 cm³/mol. The fourth-order valence-corrected chi connectivity index (χ4v) is 3.98. The molecule has 33 heavy (non-hydrogen) atoms. The van der Waals surface area contributed by atoms with E-state index in [0.717, 1.165) is 32.1 Å². The molecule has 2 rings (SSSR count). The molecule has 1 aliphatic carbocycles. The molecule has 1 aromatic rings. The third-order valence-corrected chi connectivity index (χ3v) is 5.34. The molecule has 1 fully saturated rings. The van der Waals surface area contributed by atoms with Gasteiger partial charge in [0.05, 0.1) is 6.04 Å². The summed E-state index contributed by atoms with van der Waals surface area (Å²) in [5.41, 5.74) is -0.0804. The number of alkyl halides is 3. The van der Waals surface area contributed by atoms with E-state index in [4.69, 9.17) is 9.47 Å². The first-order valence-corrected chi connectivity index (χ1v) is 11.4. The highest BCUT2D eigenvalue weighted by Gasteiger charge is 2.36. The molecule has 6 nitrogen and oxygen atoms in total. The van der Waals surface area contributed by atoms with Crippen molar-refractivity contribution in [3.05, 3.63) is 35.9 Å². The van der Waals surface area contributed by atoms with E-state index >= 15 is 0 Å². The number of carbonyl (C=O) groups excluding carboxylic acids is 2. The van der Waals surface area contributed by atoms with E-state index in [1.165, 1.54) is 0 Å². The van der Waals surface area contributed by atoms with E-state index in [0.29, 0.717) is 16.9 Å². The molecule has 1 N–H and O–H groups in total. The maximum Gasteiger partial charge on any atom is 0.410 e. The van der Waals surface area contributed by atoms with Crippen molar-refractivity contribution >= 4 is 12.2 Å². The number of benzene rings is 1. The largest absolute Gasteiger partial charge is 0.445 e. The highest BCUT2D eigenvalue weighted by atomic mass is 19.4. The van der Waals surface area contributed by atoms with Gasteiger partial charge in [-0.3, -0.25) is 4.90 Å². The Morgan fingerprint density at radius 3 is 2.30 bits per heavy atom. The molecule has 1 saturated carbocycles. The highest BCUT2D eigenvalue weighted by molar-refractivity contribution is 5.69. The Hall–Kier alpha value is -2.45. The molecular weight excluding hydrogens is 437 g/mol. The van der Waals surface area contributed by atoms with E-state index in [2.05, 4.69) is 5.32 Å². The number of ether oxygens (including phenoxy) is 2. The zero-order chi connectivity index (χ0) is 24.5. The monoisotopic (exact) mass is 472 g/mol. The summed E-state index contributed by atoms with van der Waals surface area (Å²) in [5, 5.41) is 2.69. The van der Waals surface area contributed by atoms with Crippen LogP contribution in [0.5, 0.6) is 0 Å². The van der Waals surface area contributed by atoms with Crippen molar-refractivity contribution < 1.29 is 32.2 Å². The second-order valence-corrected chi connectivity index (χ2v) is 9.62. The van der Waals surface area contributed by atoms with Crippen molar-refractivity contribution in [3.63, 3.8) is 0 Å². The van der Waals surface area contributed by atoms with Crippen LogP contribution < -0.4 is 5.32 Å². The van der Waals surface area contributed by atoms with E-state index in [9.17, 15) is 22.8 Å². The van der Waals surface area contributed by atoms with Crippen molar-refractivity contribution in [1.29, 1.82) is 0 Å². The Morgan fingerprint density at radius 1 is 1.09 bits per heavy atom. The summed E-state index contributed by atoms with van der Waals surface area (Å²) in [6, 6.07) is 8.05. The number of amides is 2. The lowest BCUT2D eigenvalue weighted by Crippen LogP contribution is -2.50. The maximum absolute atomic E-state index is 13.3. The zero-order valence-corrected chi connectivity index (χ0v) is 19.6. The van der Waals surface area contributed by atoms with Crippen LogP contribution >= 0.6 is 0 Å². The minimum absolute atomic E-state index is 0.138. The zero-order valence-electron chi connectivity index (χ0n) is 19.6. The SMILES string of the molecule is CC(C)(C)OC(=O)N[C@@H](CC1CCCCC1)CN(CC(F)(F)F)C(=O)OCc1ccccc1. The molecule has 2 amide bonds. The average molecular weight is 473 g/mol. The van der Waals surface area contributed by atoms with Gasteiger partial charge in [0.1, 0.15) is 18.8 Å². The number of nitrogens with one attached hydrogen (secondary N) is 1. The number of carbonyl (C=O) groups is 2. The van der Waals surface area contributed by atoms with Gasteiger partial charge < -0.3 is 14.8 Å². The van der Waals surface area contributed by atoms with Crippen molar-refractivity contribution in [2.45, 2.75) is 83.7 Å². The lowest BCUT2D eigenvalue weighted by atomic mass is 9.84. The normalized spacial score (nSPS) is 16.1. The van der Waals surface area contributed by atoms with Gasteiger partial charge in [0, 0.05) is 6.54 Å². The molecule has 9 heteroatoms. The number of alkyl carbamates (subject to hydrolysis) is 1. The van der Waals surface area contributed by atoms with Gasteiger partial charge in [-0.2, -0.15) is 13.2 Å². The molecule has 1 aromatic carbocycles. The number of hydrogen-bond donors (Lipinski definition) is 1. The van der Waals surface area contributed by atoms with E-state index in [1.54, 1.807) is 51.1 Å². The van der Waals surface area contributed by atoms with E-state index < -0.39 is 36.6 Å². The standard InChI is InChI=1S/C24H35F3N2O4/c1-23(2,3)33-21(30)28-20(14-18-10-6-4-7-11-18)15-29(17-24(25,26)27)22(31)32-16-19-12-8-5-9-13-19/h5,8-9,12-13,18,20H,4,6-7,10-11,14-17H2,1-3H3,(H,28,30)/t20-/m0/s1. The van der Waals surface area contributed by atoms with Crippen LogP contribution in [0.2, 0.25) is 0 Å². The van der Waals surface area contributed by atoms with Gasteiger partial charge in [-0.05, 0) is 38.7 Å². The second-order valence-electron chi connectivity index (χ2n) is 9.62. The first-order chi connectivity index (χ1) is 15.4. The molecule has 186 valence electrons. The minimum atomic E-state index is -4.60. The van der Waals surface area contributed by atoms with Gasteiger partial charge in [-0.15, -0.1) is 0 Å². The third kappa shape index (κ3) is 11.3. The van der Waals surface area contributed by atoms with Gasteiger partial charge in [0.15, 0.2) is 0 Å². The van der Waals surface area contributed by atoms with E-state index in [1.807, 2.05) is 0 Å². The predicted octanol–water partition coefficient (Wildman–Crippen LogP) is 6.05. The Labute approximate surface area is 193 Å². The number of nitrogens with zero attached hydrogens (tertiary/aromatic N) is 1. The van der Waals surface area contributed by atoms with Crippen LogP contribution in [0.15, 0.2) is 30.3 Å². The van der Waals surface area contributed by atoms with Crippen LogP contribution in [0, 0.1) is 5.92 Å². The molecule has 0 saturated heterocycles. The molecule has 0 aliphatic heterocycles. The Balaban J connectivity index is 2.11. The molecule has 1 aliphatic rings. The summed E-state index contributed by atoms with van der Waals surface area (Å²) in [5.74, 6) is 0.270. The minimum Gasteiger partial charge on any atom is -0.445 e. The number of rotatable bonds is 8. The van der Waals surface area contributed by atoms with Gasteiger partial charge in [0.2, 0.25) is 0 Å². The Morgan fingerprint density at radius 2 is 1.73 bits per heavy atom. The fourth-order valence-electron chi connectivity index (χ4n) is 3.98. The first kappa shape index (κ1) is 26.8. The van der Waals surface area contributed by atoms with Gasteiger partial charge in [-0.1, -0.05) is 62.4 Å². The molecule has 0 aromatic heterocycles. The molecule has 0 radical (unpaired) electrons. The van der Waals surface area contributed by atoms with Crippen LogP contribution in [-0.2, 0) is 16.1 Å². The molecule has 0 heterocycles. The smallest absolute Gasteiger partial charge is 0.410 e. The van der Waals surface area contributed by atoms with Crippen LogP contribution in [0.3, 0.4) is 0 Å². The third-order valence-electron chi connectivity index (χ3n) is 5.34. The van der Waals surface area contributed by atoms with Crippen molar-refractivity contribution in [3.8, 4) is 0 Å². The Kier molecular flexibility index (Phi) is 9.86. The van der Waals surface area contributed by atoms with Crippen molar-refractivity contribution in [2.24, 2.45) is 5.92 Å². The summed E-state index contributed by atoms with van der Waals surface area (Å²) in [7, 11) is 0. The van der Waals surface area contributed by atoms with Crippen molar-refractivity contribution in [1.82, 2.24) is 10.2 Å². The molecule has 0 unspecified atom stereocenters. The molecule has 0 bridgehead atoms. The summed E-state index contributed by atoms with van der Waals surface area (Å²) in [4.78, 5) is 25.6. The van der Waals surface area contributed by atoms with Crippen molar-refractivity contribution in [2.75, 3.05) is 13.1 Å². The molecule has 0 spiro atoms. The van der Waals surface area contributed by atoms with Gasteiger partial charge in [-0.25, -0.2) is 9.59 Å². The van der Waals surface area contributed by atoms with Crippen LogP contribution in [0.1, 0.15) is 64.9 Å². The lowest BCUT2D eigenvalue weighted by Gasteiger charge is -2.32. The van der Waals surface area contributed by atoms with E-state index in [-0.39, 0.29) is 19.1 Å². The number of halogens is 3.